The molecule has 3 aromatic rings. The van der Waals surface area contributed by atoms with Crippen LogP contribution in [0.3, 0.4) is 0 Å². The van der Waals surface area contributed by atoms with Crippen molar-refractivity contribution in [3.63, 3.8) is 0 Å². The number of hydrogen-bond donors (Lipinski definition) is 2. The van der Waals surface area contributed by atoms with Gasteiger partial charge in [-0.15, -0.1) is 0 Å². The van der Waals surface area contributed by atoms with Crippen LogP contribution in [0.2, 0.25) is 0 Å². The molecule has 9 heteroatoms. The minimum atomic E-state index is -3.88. The van der Waals surface area contributed by atoms with Crippen LogP contribution in [0, 0.1) is 6.92 Å². The van der Waals surface area contributed by atoms with Crippen molar-refractivity contribution in [1.29, 1.82) is 0 Å². The molecule has 0 aromatic heterocycles. The summed E-state index contributed by atoms with van der Waals surface area (Å²) in [5.41, 5.74) is 1.93. The number of nitrogens with one attached hydrogen (secondary N) is 2. The zero-order chi connectivity index (χ0) is 24.3. The highest BCUT2D eigenvalue weighted by atomic mass is 32.2. The third-order valence-corrected chi connectivity index (χ3v) is 7.43. The van der Waals surface area contributed by atoms with E-state index < -0.39 is 22.2 Å². The zero-order valence-electron chi connectivity index (χ0n) is 19.1. The number of carbonyl (C=O) groups is 2. The summed E-state index contributed by atoms with van der Waals surface area (Å²) in [6, 6.07) is 17.0. The Morgan fingerprint density at radius 3 is 2.47 bits per heavy atom. The van der Waals surface area contributed by atoms with Crippen LogP contribution in [-0.2, 0) is 14.8 Å². The predicted molar refractivity (Wildman–Crippen MR) is 130 cm³/mol. The number of nitrogens with zero attached hydrogens (tertiary/aromatic N) is 1. The first kappa shape index (κ1) is 23.7. The third-order valence-electron chi connectivity index (χ3n) is 5.85. The second-order valence-corrected chi connectivity index (χ2v) is 9.86. The van der Waals surface area contributed by atoms with Gasteiger partial charge in [0, 0.05) is 41.2 Å². The molecule has 178 valence electrons. The molecular formula is C25H27N3O5S. The first-order valence-electron chi connectivity index (χ1n) is 11.1. The number of likely N-dealkylation sites (tertiary alicyclic amines) is 1. The van der Waals surface area contributed by atoms with E-state index in [9.17, 15) is 18.0 Å². The van der Waals surface area contributed by atoms with Crippen LogP contribution in [-0.4, -0.2) is 51.1 Å². The molecule has 34 heavy (non-hydrogen) atoms. The lowest BCUT2D eigenvalue weighted by Gasteiger charge is -2.18. The Morgan fingerprint density at radius 2 is 1.74 bits per heavy atom. The SMILES string of the molecule is CCOC(=O)N1CCC(NS(=O)(=O)c2ccc(NC(=O)c3ccccc3C)c3ccccc23)C1. The summed E-state index contributed by atoms with van der Waals surface area (Å²) in [4.78, 5) is 26.4. The summed E-state index contributed by atoms with van der Waals surface area (Å²) >= 11 is 0. The van der Waals surface area contributed by atoms with Crippen molar-refractivity contribution in [2.45, 2.75) is 31.2 Å². The van der Waals surface area contributed by atoms with Crippen molar-refractivity contribution in [3.8, 4) is 0 Å². The Kier molecular flexibility index (Phi) is 6.85. The van der Waals surface area contributed by atoms with Gasteiger partial charge in [0.05, 0.1) is 11.5 Å². The van der Waals surface area contributed by atoms with Gasteiger partial charge in [-0.05, 0) is 44.0 Å². The van der Waals surface area contributed by atoms with Crippen LogP contribution in [0.1, 0.15) is 29.3 Å². The number of amides is 2. The predicted octanol–water partition coefficient (Wildman–Crippen LogP) is 3.91. The quantitative estimate of drug-likeness (QED) is 0.555. The summed E-state index contributed by atoms with van der Waals surface area (Å²) in [7, 11) is -3.88. The van der Waals surface area contributed by atoms with Crippen LogP contribution in [0.5, 0.6) is 0 Å². The van der Waals surface area contributed by atoms with Gasteiger partial charge in [0.1, 0.15) is 0 Å². The summed E-state index contributed by atoms with van der Waals surface area (Å²) in [6.45, 7) is 4.54. The van der Waals surface area contributed by atoms with Crippen molar-refractivity contribution in [2.24, 2.45) is 0 Å². The second-order valence-electron chi connectivity index (χ2n) is 8.18. The van der Waals surface area contributed by atoms with Gasteiger partial charge in [0.15, 0.2) is 0 Å². The van der Waals surface area contributed by atoms with Crippen molar-refractivity contribution in [1.82, 2.24) is 9.62 Å². The molecule has 1 saturated heterocycles. The molecule has 3 aromatic carbocycles. The molecule has 0 bridgehead atoms. The molecule has 1 heterocycles. The van der Waals surface area contributed by atoms with Crippen LogP contribution < -0.4 is 10.0 Å². The molecule has 2 amide bonds. The molecule has 2 N–H and O–H groups in total. The summed E-state index contributed by atoms with van der Waals surface area (Å²) < 4.78 is 34.3. The van der Waals surface area contributed by atoms with E-state index in [0.29, 0.717) is 35.0 Å². The Morgan fingerprint density at radius 1 is 1.03 bits per heavy atom. The van der Waals surface area contributed by atoms with E-state index >= 15 is 0 Å². The minimum Gasteiger partial charge on any atom is -0.450 e. The number of hydrogen-bond acceptors (Lipinski definition) is 5. The number of aryl methyl sites for hydroxylation is 1. The number of benzene rings is 3. The monoisotopic (exact) mass is 481 g/mol. The number of carbonyl (C=O) groups excluding carboxylic acids is 2. The van der Waals surface area contributed by atoms with Crippen LogP contribution in [0.25, 0.3) is 10.8 Å². The summed E-state index contributed by atoms with van der Waals surface area (Å²) in [5, 5.41) is 4.03. The van der Waals surface area contributed by atoms with Crippen molar-refractivity contribution < 1.29 is 22.7 Å². The van der Waals surface area contributed by atoms with Crippen molar-refractivity contribution in [3.05, 3.63) is 71.8 Å². The van der Waals surface area contributed by atoms with E-state index in [2.05, 4.69) is 10.0 Å². The molecule has 8 nitrogen and oxygen atoms in total. The smallest absolute Gasteiger partial charge is 0.409 e. The topological polar surface area (TPSA) is 105 Å². The minimum absolute atomic E-state index is 0.117. The fourth-order valence-electron chi connectivity index (χ4n) is 4.15. The molecule has 4 rings (SSSR count). The largest absolute Gasteiger partial charge is 0.450 e. The van der Waals surface area contributed by atoms with Crippen molar-refractivity contribution >= 4 is 38.5 Å². The molecule has 1 unspecified atom stereocenters. The number of sulfonamides is 1. The van der Waals surface area contributed by atoms with E-state index in [4.69, 9.17) is 4.74 Å². The molecule has 1 aliphatic rings. The van der Waals surface area contributed by atoms with E-state index in [0.717, 1.165) is 5.56 Å². The fraction of sp³-hybridized carbons (Fsp3) is 0.280. The molecule has 0 radical (unpaired) electrons. The van der Waals surface area contributed by atoms with Crippen LogP contribution in [0.15, 0.2) is 65.6 Å². The van der Waals surface area contributed by atoms with Crippen LogP contribution in [0.4, 0.5) is 10.5 Å². The van der Waals surface area contributed by atoms with Crippen LogP contribution >= 0.6 is 0 Å². The Labute approximate surface area is 199 Å². The number of anilines is 1. The van der Waals surface area contributed by atoms with Gasteiger partial charge in [-0.1, -0.05) is 42.5 Å². The maximum Gasteiger partial charge on any atom is 0.409 e. The average Bonchev–Trinajstić information content (AvgIpc) is 3.27. The molecule has 0 saturated carbocycles. The molecule has 1 atom stereocenters. The first-order chi connectivity index (χ1) is 16.3. The standard InChI is InChI=1S/C25H27N3O5S/c1-3-33-25(30)28-15-14-18(16-28)27-34(31,32)23-13-12-22(20-10-6-7-11-21(20)23)26-24(29)19-9-5-4-8-17(19)2/h4-13,18,27H,3,14-16H2,1-2H3,(H,26,29). The maximum absolute atomic E-state index is 13.3. The number of rotatable bonds is 6. The Hall–Kier alpha value is -3.43. The average molecular weight is 482 g/mol. The van der Waals surface area contributed by atoms with Gasteiger partial charge >= 0.3 is 6.09 Å². The number of ether oxygens (including phenoxy) is 1. The van der Waals surface area contributed by atoms with E-state index in [1.165, 1.54) is 11.0 Å². The number of fused-ring (bicyclic) bond motifs is 1. The van der Waals surface area contributed by atoms with E-state index in [1.54, 1.807) is 49.4 Å². The van der Waals surface area contributed by atoms with Gasteiger partial charge < -0.3 is 15.0 Å². The Bertz CT molecular complexity index is 1340. The second kappa shape index (κ2) is 9.82. The normalized spacial score (nSPS) is 15.9. The van der Waals surface area contributed by atoms with E-state index in [1.807, 2.05) is 19.1 Å². The van der Waals surface area contributed by atoms with E-state index in [-0.39, 0.29) is 24.0 Å². The molecule has 1 aliphatic heterocycles. The lowest BCUT2D eigenvalue weighted by atomic mass is 10.1. The van der Waals surface area contributed by atoms with Gasteiger partial charge in [-0.25, -0.2) is 17.9 Å². The lowest BCUT2D eigenvalue weighted by Crippen LogP contribution is -2.38. The van der Waals surface area contributed by atoms with Gasteiger partial charge in [-0.2, -0.15) is 0 Å². The molecular weight excluding hydrogens is 454 g/mol. The highest BCUT2D eigenvalue weighted by Crippen LogP contribution is 2.30. The Balaban J connectivity index is 1.59. The molecule has 0 aliphatic carbocycles. The van der Waals surface area contributed by atoms with Gasteiger partial charge in [0.2, 0.25) is 10.0 Å². The lowest BCUT2D eigenvalue weighted by molar-refractivity contribution is 0.102. The summed E-state index contributed by atoms with van der Waals surface area (Å²) in [6.07, 6.45) is 0.0592. The first-order valence-corrected chi connectivity index (χ1v) is 12.6. The van der Waals surface area contributed by atoms with Gasteiger partial charge in [0.25, 0.3) is 5.91 Å². The highest BCUT2D eigenvalue weighted by molar-refractivity contribution is 7.89. The van der Waals surface area contributed by atoms with Crippen molar-refractivity contribution in [2.75, 3.05) is 25.0 Å². The third kappa shape index (κ3) is 4.90. The summed E-state index contributed by atoms with van der Waals surface area (Å²) in [5.74, 6) is -0.262. The molecule has 0 spiro atoms. The highest BCUT2D eigenvalue weighted by Gasteiger charge is 2.31. The zero-order valence-corrected chi connectivity index (χ0v) is 19.9. The fourth-order valence-corrected chi connectivity index (χ4v) is 5.62. The van der Waals surface area contributed by atoms with Gasteiger partial charge in [-0.3, -0.25) is 4.79 Å². The maximum atomic E-state index is 13.3. The molecule has 1 fully saturated rings.